The normalized spacial score (nSPS) is 11.2. The Morgan fingerprint density at radius 3 is 2.45 bits per heavy atom. The van der Waals surface area contributed by atoms with E-state index in [-0.39, 0.29) is 11.6 Å². The molecule has 0 radical (unpaired) electrons. The van der Waals surface area contributed by atoms with E-state index in [1.165, 1.54) is 0 Å². The van der Waals surface area contributed by atoms with E-state index in [0.29, 0.717) is 29.3 Å². The number of rotatable bonds is 10. The van der Waals surface area contributed by atoms with Gasteiger partial charge in [-0.3, -0.25) is 18.9 Å². The summed E-state index contributed by atoms with van der Waals surface area (Å²) >= 11 is 5.50. The highest BCUT2D eigenvalue weighted by Gasteiger charge is 2.17. The first-order chi connectivity index (χ1) is 18.3. The fourth-order valence-corrected chi connectivity index (χ4v) is 4.82. The van der Waals surface area contributed by atoms with Crippen molar-refractivity contribution in [3.63, 3.8) is 0 Å². The van der Waals surface area contributed by atoms with Crippen molar-refractivity contribution < 1.29 is 4.52 Å². The van der Waals surface area contributed by atoms with Crippen molar-refractivity contribution in [3.05, 3.63) is 92.1 Å². The molecule has 198 valence electrons. The lowest BCUT2D eigenvalue weighted by molar-refractivity contribution is 0.388. The molecule has 0 unspecified atom stereocenters. The Hall–Kier alpha value is -3.85. The van der Waals surface area contributed by atoms with Gasteiger partial charge in [-0.2, -0.15) is 0 Å². The third-order valence-electron chi connectivity index (χ3n) is 6.32. The molecule has 0 amide bonds. The number of benzene rings is 2. The topological polar surface area (TPSA) is 106 Å². The lowest BCUT2D eigenvalue weighted by Crippen LogP contribution is -2.35. The molecular weight excluding hydrogens is 498 g/mol. The van der Waals surface area contributed by atoms with E-state index >= 15 is 0 Å². The first-order valence-electron chi connectivity index (χ1n) is 12.9. The molecule has 2 heterocycles. The van der Waals surface area contributed by atoms with Crippen molar-refractivity contribution in [1.82, 2.24) is 25.0 Å². The van der Waals surface area contributed by atoms with Gasteiger partial charge in [0.05, 0.1) is 11.5 Å². The zero-order valence-electron chi connectivity index (χ0n) is 22.2. The van der Waals surface area contributed by atoms with E-state index in [9.17, 15) is 9.59 Å². The van der Waals surface area contributed by atoms with Gasteiger partial charge in [0, 0.05) is 35.7 Å². The molecule has 2 aromatic carbocycles. The van der Waals surface area contributed by atoms with Gasteiger partial charge in [-0.25, -0.2) is 9.78 Å². The maximum absolute atomic E-state index is 13.7. The Morgan fingerprint density at radius 1 is 1.11 bits per heavy atom. The van der Waals surface area contributed by atoms with Gasteiger partial charge in [0.15, 0.2) is 5.82 Å². The van der Waals surface area contributed by atoms with E-state index in [4.69, 9.17) is 21.7 Å². The van der Waals surface area contributed by atoms with E-state index in [1.807, 2.05) is 69.3 Å². The monoisotopic (exact) mass is 531 g/mol. The maximum atomic E-state index is 13.7. The number of thiocarbonyl (C=S) groups is 1. The largest absolute Gasteiger partial charge is 0.439 e. The molecule has 38 heavy (non-hydrogen) atoms. The summed E-state index contributed by atoms with van der Waals surface area (Å²) in [6, 6.07) is 15.9. The standard InChI is InChI=1S/C29H33N5O3S/c1-5-6-11-25-31-19(4)24(16-26(38)30-18(2)3)28(35)34(25)17-20-12-14-21(15-13-20)22-9-7-8-10-23(22)27-32-29(36)37-33-27/h7-10,12-15,18H,5-6,11,16-17H2,1-4H3,(H,30,38)(H,32,33,36). The lowest BCUT2D eigenvalue weighted by atomic mass is 9.98. The Morgan fingerprint density at radius 2 is 1.82 bits per heavy atom. The van der Waals surface area contributed by atoms with Gasteiger partial charge >= 0.3 is 5.76 Å². The molecule has 2 N–H and O–H groups in total. The number of nitrogens with zero attached hydrogens (tertiary/aromatic N) is 3. The average Bonchev–Trinajstić information content (AvgIpc) is 3.33. The minimum atomic E-state index is -0.596. The average molecular weight is 532 g/mol. The second-order valence-corrected chi connectivity index (χ2v) is 10.2. The molecule has 0 saturated carbocycles. The van der Waals surface area contributed by atoms with Crippen LogP contribution in [0.1, 0.15) is 56.3 Å². The molecule has 0 bridgehead atoms. The van der Waals surface area contributed by atoms with Gasteiger partial charge in [0.2, 0.25) is 0 Å². The lowest BCUT2D eigenvalue weighted by Gasteiger charge is -2.17. The molecule has 4 aromatic rings. The van der Waals surface area contributed by atoms with Gasteiger partial charge in [0.25, 0.3) is 5.56 Å². The Kier molecular flexibility index (Phi) is 8.68. The van der Waals surface area contributed by atoms with Crippen LogP contribution in [-0.4, -0.2) is 30.7 Å². The smallest absolute Gasteiger partial charge is 0.377 e. The fraction of sp³-hybridized carbons (Fsp3) is 0.345. The van der Waals surface area contributed by atoms with Crippen LogP contribution in [-0.2, 0) is 19.4 Å². The number of aromatic nitrogens is 4. The molecule has 2 aromatic heterocycles. The summed E-state index contributed by atoms with van der Waals surface area (Å²) in [7, 11) is 0. The highest BCUT2D eigenvalue weighted by Crippen LogP contribution is 2.30. The number of hydrogen-bond donors (Lipinski definition) is 2. The van der Waals surface area contributed by atoms with Crippen LogP contribution in [0.4, 0.5) is 0 Å². The minimum Gasteiger partial charge on any atom is -0.377 e. The first-order valence-corrected chi connectivity index (χ1v) is 13.3. The van der Waals surface area contributed by atoms with Crippen molar-refractivity contribution in [3.8, 4) is 22.5 Å². The van der Waals surface area contributed by atoms with Crippen molar-refractivity contribution in [2.45, 2.75) is 66.0 Å². The maximum Gasteiger partial charge on any atom is 0.439 e. The fourth-order valence-electron chi connectivity index (χ4n) is 4.44. The zero-order chi connectivity index (χ0) is 27.2. The van der Waals surface area contributed by atoms with E-state index < -0.39 is 5.76 Å². The molecule has 0 aliphatic rings. The van der Waals surface area contributed by atoms with Crippen LogP contribution in [0.2, 0.25) is 0 Å². The summed E-state index contributed by atoms with van der Waals surface area (Å²) in [6.07, 6.45) is 3.09. The number of nitrogens with one attached hydrogen (secondary N) is 2. The highest BCUT2D eigenvalue weighted by atomic mass is 32.1. The van der Waals surface area contributed by atoms with Gasteiger partial charge in [0.1, 0.15) is 5.82 Å². The molecule has 0 aliphatic carbocycles. The van der Waals surface area contributed by atoms with Crippen molar-refractivity contribution >= 4 is 17.2 Å². The number of H-pyrrole nitrogens is 1. The molecular formula is C29H33N5O3S. The third kappa shape index (κ3) is 6.34. The van der Waals surface area contributed by atoms with E-state index in [1.54, 1.807) is 4.57 Å². The minimum absolute atomic E-state index is 0.0408. The Balaban J connectivity index is 1.66. The molecule has 0 atom stereocenters. The Bertz CT molecular complexity index is 1530. The predicted molar refractivity (Wildman–Crippen MR) is 154 cm³/mol. The number of unbranched alkanes of at least 4 members (excludes halogenated alkanes) is 1. The summed E-state index contributed by atoms with van der Waals surface area (Å²) in [4.78, 5) is 33.3. The number of aryl methyl sites for hydroxylation is 2. The van der Waals surface area contributed by atoms with Crippen molar-refractivity contribution in [2.24, 2.45) is 0 Å². The summed E-state index contributed by atoms with van der Waals surface area (Å²) < 4.78 is 6.49. The van der Waals surface area contributed by atoms with E-state index in [2.05, 4.69) is 22.4 Å². The second-order valence-electron chi connectivity index (χ2n) is 9.67. The SMILES string of the molecule is CCCCc1nc(C)c(CC(=S)NC(C)C)c(=O)n1Cc1ccc(-c2ccccc2-c2noc(=O)[nH]2)cc1. The quantitative estimate of drug-likeness (QED) is 0.283. The van der Waals surface area contributed by atoms with Gasteiger partial charge in [-0.05, 0) is 43.9 Å². The van der Waals surface area contributed by atoms with Crippen LogP contribution < -0.4 is 16.6 Å². The molecule has 9 heteroatoms. The van der Waals surface area contributed by atoms with Crippen LogP contribution in [0.15, 0.2) is 62.6 Å². The summed E-state index contributed by atoms with van der Waals surface area (Å²) in [5.41, 5.74) is 4.96. The van der Waals surface area contributed by atoms with Crippen molar-refractivity contribution in [1.29, 1.82) is 0 Å². The van der Waals surface area contributed by atoms with Gasteiger partial charge < -0.3 is 5.32 Å². The van der Waals surface area contributed by atoms with Gasteiger partial charge in [-0.15, -0.1) is 0 Å². The molecule has 4 rings (SSSR count). The van der Waals surface area contributed by atoms with Crippen LogP contribution in [0, 0.1) is 6.92 Å². The number of hydrogen-bond acceptors (Lipinski definition) is 6. The first kappa shape index (κ1) is 27.2. The summed E-state index contributed by atoms with van der Waals surface area (Å²) in [6.45, 7) is 8.49. The van der Waals surface area contributed by atoms with Gasteiger partial charge in [-0.1, -0.05) is 79.3 Å². The molecule has 0 aliphatic heterocycles. The zero-order valence-corrected chi connectivity index (χ0v) is 23.0. The van der Waals surface area contributed by atoms with Crippen LogP contribution in [0.3, 0.4) is 0 Å². The summed E-state index contributed by atoms with van der Waals surface area (Å²) in [5, 5.41) is 7.07. The molecule has 0 saturated heterocycles. The molecule has 0 spiro atoms. The van der Waals surface area contributed by atoms with E-state index in [0.717, 1.165) is 53.0 Å². The third-order valence-corrected chi connectivity index (χ3v) is 6.58. The van der Waals surface area contributed by atoms with Crippen LogP contribution in [0.25, 0.3) is 22.5 Å². The van der Waals surface area contributed by atoms with Crippen LogP contribution >= 0.6 is 12.2 Å². The number of aromatic amines is 1. The highest BCUT2D eigenvalue weighted by molar-refractivity contribution is 7.80. The predicted octanol–water partition coefficient (Wildman–Crippen LogP) is 4.82. The Labute approximate surface area is 227 Å². The molecule has 8 nitrogen and oxygen atoms in total. The van der Waals surface area contributed by atoms with Crippen molar-refractivity contribution in [2.75, 3.05) is 0 Å². The van der Waals surface area contributed by atoms with Crippen LogP contribution in [0.5, 0.6) is 0 Å². The second kappa shape index (κ2) is 12.1. The molecule has 0 fully saturated rings. The summed E-state index contributed by atoms with van der Waals surface area (Å²) in [5.74, 6) is 0.580.